The topological polar surface area (TPSA) is 75.8 Å². The molecule has 10 aromatic carbocycles. The third-order valence-electron chi connectivity index (χ3n) is 22.9. The monoisotopic (exact) mass is 1420 g/mol. The second-order valence-electron chi connectivity index (χ2n) is 30.9. The van der Waals surface area contributed by atoms with E-state index in [-0.39, 0.29) is 0 Å². The van der Waals surface area contributed by atoms with Gasteiger partial charge in [-0.15, -0.1) is 10.2 Å². The zero-order chi connectivity index (χ0) is 74.3. The number of ether oxygens (including phenoxy) is 4. The predicted octanol–water partition coefficient (Wildman–Crippen LogP) is 27.5. The fourth-order valence-corrected chi connectivity index (χ4v) is 17.1. The van der Waals surface area contributed by atoms with Gasteiger partial charge in [-0.2, -0.15) is 0 Å². The van der Waals surface area contributed by atoms with Crippen molar-refractivity contribution in [2.45, 2.75) is 221 Å². The maximum absolute atomic E-state index is 6.99. The highest BCUT2D eigenvalue weighted by molar-refractivity contribution is 5.91. The first-order valence-corrected chi connectivity index (χ1v) is 40.9. The molecule has 13 rings (SSSR count). The van der Waals surface area contributed by atoms with E-state index in [9.17, 15) is 0 Å². The molecular weight excluding hydrogens is 1310 g/mol. The quantitative estimate of drug-likeness (QED) is 0.0357. The highest BCUT2D eigenvalue weighted by Gasteiger charge is 2.49. The number of benzene rings is 10. The van der Waals surface area contributed by atoms with Crippen LogP contribution in [0.3, 0.4) is 0 Å². The summed E-state index contributed by atoms with van der Waals surface area (Å²) >= 11 is 0. The molecule has 1 aromatic heterocycles. The Bertz CT molecular complexity index is 4830. The summed E-state index contributed by atoms with van der Waals surface area (Å²) in [6, 6.07) is 73.1. The second-order valence-corrected chi connectivity index (χ2v) is 30.9. The summed E-state index contributed by atoms with van der Waals surface area (Å²) < 4.78 is 33.8. The molecule has 0 amide bonds. The molecule has 0 saturated heterocycles. The molecule has 2 atom stereocenters. The van der Waals surface area contributed by atoms with Crippen molar-refractivity contribution in [2.75, 3.05) is 26.4 Å². The van der Waals surface area contributed by atoms with E-state index in [1.165, 1.54) is 167 Å². The van der Waals surface area contributed by atoms with E-state index >= 15 is 0 Å². The van der Waals surface area contributed by atoms with E-state index in [0.717, 1.165) is 131 Å². The Morgan fingerprint density at radius 1 is 0.262 bits per heavy atom. The average Bonchev–Trinajstić information content (AvgIpc) is 1.55. The average molecular weight is 1420 g/mol. The molecule has 0 N–H and O–H groups in total. The Balaban J connectivity index is 0.811. The van der Waals surface area contributed by atoms with Crippen LogP contribution in [0.2, 0.25) is 0 Å². The van der Waals surface area contributed by atoms with Gasteiger partial charge in [-0.3, -0.25) is 0 Å². The molecule has 0 saturated carbocycles. The van der Waals surface area contributed by atoms with E-state index in [1.54, 1.807) is 0 Å². The van der Waals surface area contributed by atoms with Gasteiger partial charge in [-0.05, 0) is 228 Å². The molecule has 554 valence electrons. The van der Waals surface area contributed by atoms with Crippen molar-refractivity contribution in [1.82, 2.24) is 10.2 Å². The van der Waals surface area contributed by atoms with Crippen molar-refractivity contribution >= 4 is 0 Å². The Morgan fingerprint density at radius 2 is 0.636 bits per heavy atom. The minimum Gasteiger partial charge on any atom is -0.490 e. The third-order valence-corrected chi connectivity index (χ3v) is 22.9. The van der Waals surface area contributed by atoms with Crippen LogP contribution in [0.4, 0.5) is 0 Å². The number of hydrogen-bond acceptors (Lipinski definition) is 7. The second kappa shape index (κ2) is 35.5. The van der Waals surface area contributed by atoms with Gasteiger partial charge in [0.15, 0.2) is 23.0 Å². The summed E-state index contributed by atoms with van der Waals surface area (Å²) in [5.74, 6) is 4.24. The van der Waals surface area contributed by atoms with Crippen LogP contribution in [0.25, 0.3) is 67.4 Å². The van der Waals surface area contributed by atoms with Gasteiger partial charge in [0.25, 0.3) is 0 Å². The lowest BCUT2D eigenvalue weighted by atomic mass is 9.65. The molecule has 107 heavy (non-hydrogen) atoms. The van der Waals surface area contributed by atoms with Gasteiger partial charge in [0.05, 0.1) is 37.3 Å². The molecule has 0 fully saturated rings. The first kappa shape index (κ1) is 75.8. The number of nitrogens with zero attached hydrogens (tertiary/aromatic N) is 2. The Labute approximate surface area is 640 Å². The van der Waals surface area contributed by atoms with Gasteiger partial charge in [-0.1, -0.05) is 299 Å². The lowest BCUT2D eigenvalue weighted by Crippen LogP contribution is -2.30. The number of fused-ring (bicyclic) bond motifs is 6. The van der Waals surface area contributed by atoms with E-state index < -0.39 is 10.8 Å². The molecule has 2 aliphatic rings. The zero-order valence-electron chi connectivity index (χ0n) is 65.8. The lowest BCUT2D eigenvalue weighted by molar-refractivity contribution is 0.258. The number of aryl methyl sites for hydroxylation is 6. The number of hydrogen-bond donors (Lipinski definition) is 0. The summed E-state index contributed by atoms with van der Waals surface area (Å²) in [5, 5.41) is 9.50. The van der Waals surface area contributed by atoms with Gasteiger partial charge in [0.2, 0.25) is 11.8 Å². The smallest absolute Gasteiger partial charge is 0.248 e. The first-order valence-electron chi connectivity index (χ1n) is 40.9. The zero-order valence-corrected chi connectivity index (χ0v) is 65.8. The van der Waals surface area contributed by atoms with Crippen molar-refractivity contribution in [2.24, 2.45) is 0 Å². The van der Waals surface area contributed by atoms with Gasteiger partial charge in [0, 0.05) is 11.1 Å². The van der Waals surface area contributed by atoms with E-state index in [1.807, 2.05) is 0 Å². The predicted molar refractivity (Wildman–Crippen MR) is 445 cm³/mol. The molecule has 7 heteroatoms. The van der Waals surface area contributed by atoms with Crippen LogP contribution in [0, 0.1) is 41.5 Å². The molecule has 2 aliphatic carbocycles. The highest BCUT2D eigenvalue weighted by atomic mass is 16.5. The van der Waals surface area contributed by atoms with Crippen LogP contribution >= 0.6 is 0 Å². The number of rotatable bonds is 38. The van der Waals surface area contributed by atoms with Gasteiger partial charge >= 0.3 is 0 Å². The molecule has 0 aliphatic heterocycles. The number of unbranched alkanes of at least 4 members (excludes halogenated alkanes) is 18. The summed E-state index contributed by atoms with van der Waals surface area (Å²) in [6.45, 7) is 25.0. The Kier molecular flexibility index (Phi) is 25.1. The molecular formula is C100H114N2O5. The number of aromatic nitrogens is 2. The molecule has 7 nitrogen and oxygen atoms in total. The maximum Gasteiger partial charge on any atom is 0.248 e. The van der Waals surface area contributed by atoms with Crippen molar-refractivity contribution in [3.63, 3.8) is 0 Å². The fraction of sp³-hybridized carbons (Fsp3) is 0.380. The maximum atomic E-state index is 6.99. The Hall–Kier alpha value is -9.46. The van der Waals surface area contributed by atoms with Crippen LogP contribution in [0.5, 0.6) is 23.0 Å². The summed E-state index contributed by atoms with van der Waals surface area (Å²) in [5.41, 5.74) is 26.9. The van der Waals surface area contributed by atoms with Gasteiger partial charge < -0.3 is 23.4 Å². The summed E-state index contributed by atoms with van der Waals surface area (Å²) in [6.07, 6.45) is 26.5. The van der Waals surface area contributed by atoms with E-state index in [4.69, 9.17) is 33.6 Å². The van der Waals surface area contributed by atoms with Crippen LogP contribution < -0.4 is 18.9 Å². The van der Waals surface area contributed by atoms with E-state index in [2.05, 4.69) is 263 Å². The first-order chi connectivity index (χ1) is 52.4. The molecule has 0 radical (unpaired) electrons. The molecule has 2 unspecified atom stereocenters. The molecule has 0 spiro atoms. The van der Waals surface area contributed by atoms with Crippen LogP contribution in [-0.4, -0.2) is 36.6 Å². The van der Waals surface area contributed by atoms with Crippen molar-refractivity contribution in [3.05, 3.63) is 272 Å². The van der Waals surface area contributed by atoms with Crippen molar-refractivity contribution in [3.8, 4) is 90.4 Å². The van der Waals surface area contributed by atoms with Crippen LogP contribution in [0.1, 0.15) is 247 Å². The van der Waals surface area contributed by atoms with Crippen LogP contribution in [-0.2, 0) is 10.8 Å². The largest absolute Gasteiger partial charge is 0.490 e. The van der Waals surface area contributed by atoms with Crippen LogP contribution in [0.15, 0.2) is 199 Å². The van der Waals surface area contributed by atoms with Gasteiger partial charge in [0.1, 0.15) is 0 Å². The van der Waals surface area contributed by atoms with Crippen molar-refractivity contribution in [1.29, 1.82) is 0 Å². The highest BCUT2D eigenvalue weighted by Crippen LogP contribution is 2.60. The standard InChI is InChI=1S/C100H114N2O5/c1-11-15-19-21-23-25-27-34-58-104-94-55-47-81(68-96(94)106-59-35-28-26-24-22-20-16-12-2)100(88-60-69(5)38-41-72(88)8)90-62-71(7)40-49-85(90)87-52-43-76(65-92(87)100)75-42-51-83(74(10)63-75)98-102-101-97(107-98)78-45-50-82(73(9)64-78)77-44-53-86-84-48-39-70(6)61-89(84)99(91(86)66-77,79-36-30-29-31-37-79)80-46-54-93(103-56-32-17-13-3)95(67-80)105-57-33-18-14-4/h29-31,36-55,60-68H,11-28,32-35,56-59H2,1-10H3. The molecule has 1 heterocycles. The Morgan fingerprint density at radius 3 is 1.18 bits per heavy atom. The lowest BCUT2D eigenvalue weighted by Gasteiger charge is -2.36. The third kappa shape index (κ3) is 16.2. The van der Waals surface area contributed by atoms with Crippen molar-refractivity contribution < 1.29 is 23.4 Å². The van der Waals surface area contributed by atoms with E-state index in [0.29, 0.717) is 38.2 Å². The summed E-state index contributed by atoms with van der Waals surface area (Å²) in [7, 11) is 0. The molecule has 11 aromatic rings. The summed E-state index contributed by atoms with van der Waals surface area (Å²) in [4.78, 5) is 0. The van der Waals surface area contributed by atoms with Gasteiger partial charge in [-0.25, -0.2) is 0 Å². The minimum absolute atomic E-state index is 0.479. The fourth-order valence-electron chi connectivity index (χ4n) is 17.1. The minimum atomic E-state index is -0.673. The molecule has 0 bridgehead atoms. The normalized spacial score (nSPS) is 14.7. The SMILES string of the molecule is CCCCCCCCCCOc1ccc(C2(c3cc(C)ccc3C)c3cc(C)ccc3-c3ccc(-c4ccc(-c5nnc(-c6ccc(-c7ccc8c(c7)C(c7ccccc7)(c7ccc(OCCCCC)c(OCCCCC)c7)c7cc(C)ccc7-8)c(C)c6)o5)c(C)c4)cc32)cc1OCCCCCCCCCC.